The average Bonchev–Trinajstić information content (AvgIpc) is 3.15. The lowest BCUT2D eigenvalue weighted by atomic mass is 10.0. The van der Waals surface area contributed by atoms with Crippen LogP contribution in [0, 0.1) is 13.8 Å². The van der Waals surface area contributed by atoms with Gasteiger partial charge in [-0.15, -0.1) is 0 Å². The summed E-state index contributed by atoms with van der Waals surface area (Å²) in [6.07, 6.45) is 3.40. The molecule has 0 fully saturated rings. The molecule has 4 aromatic rings. The molecule has 2 N–H and O–H groups in total. The van der Waals surface area contributed by atoms with Gasteiger partial charge in [0.15, 0.2) is 0 Å². The summed E-state index contributed by atoms with van der Waals surface area (Å²) >= 11 is 0. The number of hydrogen-bond acceptors (Lipinski definition) is 5. The molecule has 0 aliphatic rings. The summed E-state index contributed by atoms with van der Waals surface area (Å²) < 4.78 is 1.41. The van der Waals surface area contributed by atoms with Crippen LogP contribution < -0.4 is 5.32 Å². The van der Waals surface area contributed by atoms with Crippen molar-refractivity contribution >= 4 is 22.7 Å². The van der Waals surface area contributed by atoms with Crippen molar-refractivity contribution in [2.45, 2.75) is 33.4 Å². The molecule has 0 bridgehead atoms. The first-order valence-electron chi connectivity index (χ1n) is 9.75. The van der Waals surface area contributed by atoms with Crippen molar-refractivity contribution in [1.82, 2.24) is 19.7 Å². The molecule has 4 rings (SSSR count). The molecule has 2 aromatic heterocycles. The molecule has 7 heteroatoms. The Morgan fingerprint density at radius 1 is 1.13 bits per heavy atom. The molecule has 7 nitrogen and oxygen atoms in total. The van der Waals surface area contributed by atoms with E-state index in [-0.39, 0.29) is 12.6 Å². The van der Waals surface area contributed by atoms with E-state index in [1.54, 1.807) is 12.4 Å². The molecule has 2 aromatic carbocycles. The van der Waals surface area contributed by atoms with Gasteiger partial charge in [-0.2, -0.15) is 5.10 Å². The predicted molar refractivity (Wildman–Crippen MR) is 116 cm³/mol. The van der Waals surface area contributed by atoms with E-state index in [1.165, 1.54) is 15.8 Å². The van der Waals surface area contributed by atoms with Crippen LogP contribution in [0.15, 0.2) is 54.9 Å². The minimum atomic E-state index is -0.927. The molecular formula is C23H23N5O2. The summed E-state index contributed by atoms with van der Waals surface area (Å²) in [5.41, 5.74) is 5.02. The van der Waals surface area contributed by atoms with E-state index < -0.39 is 5.97 Å². The molecule has 0 aliphatic heterocycles. The lowest BCUT2D eigenvalue weighted by Crippen LogP contribution is -2.09. The van der Waals surface area contributed by atoms with Crippen molar-refractivity contribution in [1.29, 1.82) is 0 Å². The van der Waals surface area contributed by atoms with Gasteiger partial charge in [0.2, 0.25) is 0 Å². The number of carboxylic acids is 1. The van der Waals surface area contributed by atoms with Crippen molar-refractivity contribution in [3.8, 4) is 11.1 Å². The van der Waals surface area contributed by atoms with E-state index in [0.29, 0.717) is 5.82 Å². The Hall–Kier alpha value is -3.74. The average molecular weight is 401 g/mol. The Morgan fingerprint density at radius 2 is 1.97 bits per heavy atom. The molecule has 2 heterocycles. The zero-order valence-electron chi connectivity index (χ0n) is 17.1. The second-order valence-corrected chi connectivity index (χ2v) is 7.45. The molecule has 0 radical (unpaired) electrons. The van der Waals surface area contributed by atoms with Crippen LogP contribution in [0.1, 0.15) is 29.9 Å². The van der Waals surface area contributed by atoms with Crippen molar-refractivity contribution < 1.29 is 9.90 Å². The lowest BCUT2D eigenvalue weighted by molar-refractivity contribution is -0.137. The Morgan fingerprint density at radius 3 is 2.73 bits per heavy atom. The zero-order chi connectivity index (χ0) is 21.3. The highest BCUT2D eigenvalue weighted by molar-refractivity contribution is 5.92. The van der Waals surface area contributed by atoms with E-state index >= 15 is 0 Å². The first kappa shape index (κ1) is 19.6. The van der Waals surface area contributed by atoms with Gasteiger partial charge in [0, 0.05) is 23.2 Å². The van der Waals surface area contributed by atoms with E-state index in [4.69, 9.17) is 5.11 Å². The standard InChI is InChI=1S/C23H23N5O2/c1-14-5-4-6-17(9-14)15(2)25-23-20-10-18(7-8-21(20)26-16(3)27-23)19-11-24-28(12-19)13-22(29)30/h4-12,15H,13H2,1-3H3,(H,29,30)(H,25,26,27)/t15-/m1/s1. The number of aryl methyl sites for hydroxylation is 2. The number of anilines is 1. The van der Waals surface area contributed by atoms with Crippen LogP contribution in [0.3, 0.4) is 0 Å². The number of aliphatic carboxylic acids is 1. The number of carbonyl (C=O) groups is 1. The van der Waals surface area contributed by atoms with Crippen molar-refractivity contribution in [3.05, 3.63) is 71.8 Å². The molecule has 0 amide bonds. The van der Waals surface area contributed by atoms with Crippen LogP contribution in [0.4, 0.5) is 5.82 Å². The van der Waals surface area contributed by atoms with E-state index in [2.05, 4.69) is 58.5 Å². The van der Waals surface area contributed by atoms with Crippen LogP contribution in [0.25, 0.3) is 22.0 Å². The van der Waals surface area contributed by atoms with Crippen molar-refractivity contribution in [2.75, 3.05) is 5.32 Å². The van der Waals surface area contributed by atoms with Gasteiger partial charge in [0.1, 0.15) is 18.2 Å². The van der Waals surface area contributed by atoms with Gasteiger partial charge in [0.25, 0.3) is 0 Å². The summed E-state index contributed by atoms with van der Waals surface area (Å²) in [6.45, 7) is 5.90. The minimum absolute atomic E-state index is 0.0735. The summed E-state index contributed by atoms with van der Waals surface area (Å²) in [4.78, 5) is 20.1. The fourth-order valence-corrected chi connectivity index (χ4v) is 3.50. The summed E-state index contributed by atoms with van der Waals surface area (Å²) in [7, 11) is 0. The third kappa shape index (κ3) is 4.15. The highest BCUT2D eigenvalue weighted by Gasteiger charge is 2.13. The van der Waals surface area contributed by atoms with Gasteiger partial charge in [-0.05, 0) is 44.0 Å². The quantitative estimate of drug-likeness (QED) is 0.498. The van der Waals surface area contributed by atoms with E-state index in [0.717, 1.165) is 27.8 Å². The summed E-state index contributed by atoms with van der Waals surface area (Å²) in [6, 6.07) is 14.4. The fourth-order valence-electron chi connectivity index (χ4n) is 3.50. The highest BCUT2D eigenvalue weighted by Crippen LogP contribution is 2.29. The van der Waals surface area contributed by atoms with Crippen LogP contribution in [-0.4, -0.2) is 30.8 Å². The Kier molecular flexibility index (Phi) is 5.18. The largest absolute Gasteiger partial charge is 0.480 e. The number of rotatable bonds is 6. The normalized spacial score (nSPS) is 12.1. The van der Waals surface area contributed by atoms with Gasteiger partial charge in [-0.25, -0.2) is 9.97 Å². The second-order valence-electron chi connectivity index (χ2n) is 7.45. The number of fused-ring (bicyclic) bond motifs is 1. The van der Waals surface area contributed by atoms with Crippen molar-refractivity contribution in [2.24, 2.45) is 0 Å². The third-order valence-electron chi connectivity index (χ3n) is 4.97. The topological polar surface area (TPSA) is 92.9 Å². The maximum Gasteiger partial charge on any atom is 0.325 e. The van der Waals surface area contributed by atoms with E-state index in [9.17, 15) is 4.79 Å². The highest BCUT2D eigenvalue weighted by atomic mass is 16.4. The number of hydrogen-bond donors (Lipinski definition) is 2. The van der Waals surface area contributed by atoms with Crippen LogP contribution in [0.5, 0.6) is 0 Å². The molecular weight excluding hydrogens is 378 g/mol. The maximum atomic E-state index is 10.9. The molecule has 30 heavy (non-hydrogen) atoms. The fraction of sp³-hybridized carbons (Fsp3) is 0.217. The van der Waals surface area contributed by atoms with Gasteiger partial charge in [0.05, 0.1) is 11.7 Å². The first-order valence-corrected chi connectivity index (χ1v) is 9.75. The monoisotopic (exact) mass is 401 g/mol. The van der Waals surface area contributed by atoms with Crippen LogP contribution in [-0.2, 0) is 11.3 Å². The predicted octanol–water partition coefficient (Wildman–Crippen LogP) is 4.37. The number of benzene rings is 2. The van der Waals surface area contributed by atoms with Gasteiger partial charge >= 0.3 is 5.97 Å². The molecule has 1 atom stereocenters. The number of nitrogens with zero attached hydrogens (tertiary/aromatic N) is 4. The molecule has 0 spiro atoms. The molecule has 152 valence electrons. The van der Waals surface area contributed by atoms with Crippen LogP contribution in [0.2, 0.25) is 0 Å². The summed E-state index contributed by atoms with van der Waals surface area (Å²) in [5.74, 6) is 0.540. The Bertz CT molecular complexity index is 1230. The number of carboxylic acid groups (broad SMARTS) is 1. The van der Waals surface area contributed by atoms with Crippen molar-refractivity contribution in [3.63, 3.8) is 0 Å². The van der Waals surface area contributed by atoms with Gasteiger partial charge in [-0.3, -0.25) is 9.48 Å². The van der Waals surface area contributed by atoms with Gasteiger partial charge in [-0.1, -0.05) is 35.9 Å². The van der Waals surface area contributed by atoms with Crippen LogP contribution >= 0.6 is 0 Å². The zero-order valence-corrected chi connectivity index (χ0v) is 17.1. The lowest BCUT2D eigenvalue weighted by Gasteiger charge is -2.17. The second kappa shape index (κ2) is 7.94. The van der Waals surface area contributed by atoms with Gasteiger partial charge < -0.3 is 10.4 Å². The number of nitrogens with one attached hydrogen (secondary N) is 1. The maximum absolute atomic E-state index is 10.9. The Balaban J connectivity index is 1.71. The smallest absolute Gasteiger partial charge is 0.325 e. The third-order valence-corrected chi connectivity index (χ3v) is 4.97. The SMILES string of the molecule is Cc1cccc([C@@H](C)Nc2nc(C)nc3ccc(-c4cnn(CC(=O)O)c4)cc23)c1. The Labute approximate surface area is 174 Å². The molecule has 0 saturated carbocycles. The minimum Gasteiger partial charge on any atom is -0.480 e. The molecule has 0 unspecified atom stereocenters. The summed E-state index contributed by atoms with van der Waals surface area (Å²) in [5, 5.41) is 17.5. The number of aromatic nitrogens is 4. The van der Waals surface area contributed by atoms with E-state index in [1.807, 2.05) is 25.1 Å². The molecule has 0 aliphatic carbocycles. The first-order chi connectivity index (χ1) is 14.4. The molecule has 0 saturated heterocycles.